The molecule has 1 unspecified atom stereocenters. The number of carbonyl (C=O) groups excluding carboxylic acids is 1. The van der Waals surface area contributed by atoms with Crippen molar-refractivity contribution in [2.75, 3.05) is 6.54 Å². The highest BCUT2D eigenvalue weighted by Gasteiger charge is 2.57. The minimum Gasteiger partial charge on any atom is -0.333 e. The molecule has 1 atom stereocenters. The first-order chi connectivity index (χ1) is 12.2. The number of hydrogen-bond acceptors (Lipinski definition) is 2. The van der Waals surface area contributed by atoms with Gasteiger partial charge in [0.05, 0.1) is 18.8 Å². The van der Waals surface area contributed by atoms with Crippen LogP contribution in [-0.2, 0) is 17.9 Å². The van der Waals surface area contributed by atoms with Gasteiger partial charge in [-0.05, 0) is 48.3 Å². The second-order valence-electron chi connectivity index (χ2n) is 7.51. The van der Waals surface area contributed by atoms with E-state index in [1.807, 2.05) is 40.0 Å². The summed E-state index contributed by atoms with van der Waals surface area (Å²) in [5.41, 5.74) is 2.86. The number of hydrogen-bond donors (Lipinski definition) is 0. The SMILES string of the molecule is C=CC(=O)N(Cc1ccnn1Cc1ccccc1)CC1CC12CCC2. The number of aromatic nitrogens is 2. The quantitative estimate of drug-likeness (QED) is 0.725. The molecule has 2 aliphatic carbocycles. The first-order valence-corrected chi connectivity index (χ1v) is 9.16. The molecule has 0 N–H and O–H groups in total. The van der Waals surface area contributed by atoms with Gasteiger partial charge in [-0.25, -0.2) is 0 Å². The lowest BCUT2D eigenvalue weighted by atomic mass is 9.80. The summed E-state index contributed by atoms with van der Waals surface area (Å²) in [6.45, 7) is 5.86. The minimum absolute atomic E-state index is 0.0221. The largest absolute Gasteiger partial charge is 0.333 e. The van der Waals surface area contributed by atoms with Crippen LogP contribution in [0.5, 0.6) is 0 Å². The number of rotatable bonds is 7. The Bertz CT molecular complexity index is 760. The van der Waals surface area contributed by atoms with Gasteiger partial charge in [-0.1, -0.05) is 43.3 Å². The summed E-state index contributed by atoms with van der Waals surface area (Å²) < 4.78 is 1.99. The van der Waals surface area contributed by atoms with Crippen LogP contribution in [-0.4, -0.2) is 27.1 Å². The Morgan fingerprint density at radius 1 is 1.32 bits per heavy atom. The average molecular weight is 335 g/mol. The third-order valence-corrected chi connectivity index (χ3v) is 5.97. The van der Waals surface area contributed by atoms with Gasteiger partial charge in [0, 0.05) is 12.7 Å². The van der Waals surface area contributed by atoms with Gasteiger partial charge < -0.3 is 4.90 Å². The molecule has 25 heavy (non-hydrogen) atoms. The molecule has 4 nitrogen and oxygen atoms in total. The maximum Gasteiger partial charge on any atom is 0.246 e. The fourth-order valence-corrected chi connectivity index (χ4v) is 4.15. The highest BCUT2D eigenvalue weighted by Crippen LogP contribution is 2.65. The van der Waals surface area contributed by atoms with Gasteiger partial charge in [-0.15, -0.1) is 0 Å². The topological polar surface area (TPSA) is 38.1 Å². The fraction of sp³-hybridized carbons (Fsp3) is 0.429. The number of carbonyl (C=O) groups is 1. The van der Waals surface area contributed by atoms with Crippen molar-refractivity contribution in [3.63, 3.8) is 0 Å². The van der Waals surface area contributed by atoms with E-state index in [1.165, 1.54) is 37.3 Å². The van der Waals surface area contributed by atoms with Crippen LogP contribution in [0, 0.1) is 11.3 Å². The lowest BCUT2D eigenvalue weighted by molar-refractivity contribution is -0.127. The summed E-state index contributed by atoms with van der Waals surface area (Å²) in [4.78, 5) is 14.3. The first-order valence-electron chi connectivity index (χ1n) is 9.16. The zero-order chi connectivity index (χ0) is 17.3. The average Bonchev–Trinajstić information content (AvgIpc) is 3.20. The Balaban J connectivity index is 1.46. The summed E-state index contributed by atoms with van der Waals surface area (Å²) in [6.07, 6.45) is 8.60. The normalized spacial score (nSPS) is 20.1. The van der Waals surface area contributed by atoms with Crippen LogP contribution < -0.4 is 0 Å². The lowest BCUT2D eigenvalue weighted by Crippen LogP contribution is -2.33. The molecule has 1 amide bonds. The van der Waals surface area contributed by atoms with E-state index in [0.717, 1.165) is 18.8 Å². The molecule has 1 aromatic heterocycles. The molecule has 0 saturated heterocycles. The maximum absolute atomic E-state index is 12.4. The molecule has 1 aromatic carbocycles. The molecule has 1 heterocycles. The predicted octanol–water partition coefficient (Wildman–Crippen LogP) is 3.64. The smallest absolute Gasteiger partial charge is 0.246 e. The summed E-state index contributed by atoms with van der Waals surface area (Å²) >= 11 is 0. The maximum atomic E-state index is 12.4. The summed E-state index contributed by atoms with van der Waals surface area (Å²) in [7, 11) is 0. The van der Waals surface area contributed by atoms with E-state index in [9.17, 15) is 4.79 Å². The van der Waals surface area contributed by atoms with E-state index in [1.54, 1.807) is 0 Å². The van der Waals surface area contributed by atoms with Crippen molar-refractivity contribution in [1.82, 2.24) is 14.7 Å². The van der Waals surface area contributed by atoms with Crippen LogP contribution >= 0.6 is 0 Å². The minimum atomic E-state index is 0.0221. The van der Waals surface area contributed by atoms with Crippen LogP contribution in [0.3, 0.4) is 0 Å². The van der Waals surface area contributed by atoms with Crippen molar-refractivity contribution < 1.29 is 4.79 Å². The van der Waals surface area contributed by atoms with Gasteiger partial charge in [-0.2, -0.15) is 5.10 Å². The molecule has 0 bridgehead atoms. The molecule has 130 valence electrons. The number of amides is 1. The van der Waals surface area contributed by atoms with E-state index in [-0.39, 0.29) is 5.91 Å². The van der Waals surface area contributed by atoms with Crippen molar-refractivity contribution in [3.05, 3.63) is 66.5 Å². The molecule has 4 heteroatoms. The predicted molar refractivity (Wildman–Crippen MR) is 97.8 cm³/mol. The van der Waals surface area contributed by atoms with Gasteiger partial charge >= 0.3 is 0 Å². The van der Waals surface area contributed by atoms with Crippen molar-refractivity contribution in [1.29, 1.82) is 0 Å². The Morgan fingerprint density at radius 2 is 2.12 bits per heavy atom. The third-order valence-electron chi connectivity index (χ3n) is 5.97. The van der Waals surface area contributed by atoms with Crippen LogP contribution in [0.4, 0.5) is 0 Å². The van der Waals surface area contributed by atoms with Crippen LogP contribution in [0.2, 0.25) is 0 Å². The molecule has 2 aromatic rings. The molecule has 4 rings (SSSR count). The highest BCUT2D eigenvalue weighted by atomic mass is 16.2. The second-order valence-corrected chi connectivity index (χ2v) is 7.51. The molecule has 1 spiro atoms. The van der Waals surface area contributed by atoms with Crippen molar-refractivity contribution in [2.24, 2.45) is 11.3 Å². The van der Waals surface area contributed by atoms with Crippen molar-refractivity contribution >= 4 is 5.91 Å². The second kappa shape index (κ2) is 6.51. The number of nitrogens with zero attached hydrogens (tertiary/aromatic N) is 3. The van der Waals surface area contributed by atoms with E-state index in [0.29, 0.717) is 17.9 Å². The van der Waals surface area contributed by atoms with E-state index >= 15 is 0 Å². The first kappa shape index (κ1) is 16.1. The molecular weight excluding hydrogens is 310 g/mol. The number of benzene rings is 1. The van der Waals surface area contributed by atoms with E-state index < -0.39 is 0 Å². The summed E-state index contributed by atoms with van der Waals surface area (Å²) in [6, 6.07) is 12.3. The molecular formula is C21H25N3O. The Labute approximate surface area is 149 Å². The van der Waals surface area contributed by atoms with Crippen LogP contribution in [0.15, 0.2) is 55.3 Å². The zero-order valence-electron chi connectivity index (χ0n) is 14.6. The molecule has 2 saturated carbocycles. The van der Waals surface area contributed by atoms with Gasteiger partial charge in [0.15, 0.2) is 0 Å². The van der Waals surface area contributed by atoms with Gasteiger partial charge in [-0.3, -0.25) is 9.48 Å². The molecule has 0 aliphatic heterocycles. The third kappa shape index (κ3) is 3.26. The van der Waals surface area contributed by atoms with Gasteiger partial charge in [0.1, 0.15) is 0 Å². The van der Waals surface area contributed by atoms with Gasteiger partial charge in [0.25, 0.3) is 0 Å². The standard InChI is InChI=1S/C21H25N3O/c1-2-20(25)23(15-18-13-21(18)10-6-11-21)16-19-9-12-22-24(19)14-17-7-4-3-5-8-17/h2-5,7-9,12,18H,1,6,10-11,13-16H2. The molecule has 2 fully saturated rings. The summed E-state index contributed by atoms with van der Waals surface area (Å²) in [5.74, 6) is 0.699. The van der Waals surface area contributed by atoms with E-state index in [4.69, 9.17) is 0 Å². The van der Waals surface area contributed by atoms with Crippen LogP contribution in [0.1, 0.15) is 36.9 Å². The molecule has 0 radical (unpaired) electrons. The highest BCUT2D eigenvalue weighted by molar-refractivity contribution is 5.87. The monoisotopic (exact) mass is 335 g/mol. The summed E-state index contributed by atoms with van der Waals surface area (Å²) in [5, 5.41) is 4.45. The fourth-order valence-electron chi connectivity index (χ4n) is 4.15. The Morgan fingerprint density at radius 3 is 2.76 bits per heavy atom. The Kier molecular flexibility index (Phi) is 4.20. The van der Waals surface area contributed by atoms with Crippen molar-refractivity contribution in [3.8, 4) is 0 Å². The molecule has 2 aliphatic rings. The van der Waals surface area contributed by atoms with Crippen molar-refractivity contribution in [2.45, 2.75) is 38.8 Å². The lowest BCUT2D eigenvalue weighted by Gasteiger charge is -2.29. The van der Waals surface area contributed by atoms with Gasteiger partial charge in [0.2, 0.25) is 5.91 Å². The van der Waals surface area contributed by atoms with Crippen LogP contribution in [0.25, 0.3) is 0 Å². The van der Waals surface area contributed by atoms with E-state index in [2.05, 4.69) is 23.8 Å². The Hall–Kier alpha value is -2.36. The zero-order valence-corrected chi connectivity index (χ0v) is 14.6.